The molecule has 0 saturated heterocycles. The van der Waals surface area contributed by atoms with Crippen molar-refractivity contribution in [2.24, 2.45) is 0 Å². The number of rotatable bonds is 5. The molecule has 1 aromatic heterocycles. The summed E-state index contributed by atoms with van der Waals surface area (Å²) in [7, 11) is 0. The van der Waals surface area contributed by atoms with E-state index in [9.17, 15) is 14.4 Å². The number of carbonyl (C=O) groups is 1. The lowest BCUT2D eigenvalue weighted by Crippen LogP contribution is -2.41. The Morgan fingerprint density at radius 1 is 1.47 bits per heavy atom. The third-order valence-electron chi connectivity index (χ3n) is 2.67. The Hall–Kier alpha value is -2.11. The van der Waals surface area contributed by atoms with Gasteiger partial charge in [-0.3, -0.25) is 9.36 Å². The van der Waals surface area contributed by atoms with Crippen LogP contribution in [0.5, 0.6) is 0 Å². The molecule has 1 aromatic rings. The molecule has 0 saturated carbocycles. The van der Waals surface area contributed by atoms with Crippen LogP contribution in [-0.4, -0.2) is 21.7 Å². The summed E-state index contributed by atoms with van der Waals surface area (Å²) in [6.07, 6.45) is 1.45. The topological polar surface area (TPSA) is 70.3 Å². The number of aromatic nitrogens is 2. The van der Waals surface area contributed by atoms with E-state index in [-0.39, 0.29) is 12.2 Å². The molecule has 1 heterocycles. The van der Waals surface area contributed by atoms with E-state index >= 15 is 0 Å². The molecule has 0 aliphatic rings. The average molecular weight is 266 g/mol. The average Bonchev–Trinajstić information content (AvgIpc) is 2.36. The van der Waals surface area contributed by atoms with Crippen molar-refractivity contribution in [3.8, 4) is 0 Å². The fourth-order valence-electron chi connectivity index (χ4n) is 1.57. The van der Waals surface area contributed by atoms with Crippen LogP contribution in [0.2, 0.25) is 0 Å². The van der Waals surface area contributed by atoms with Crippen molar-refractivity contribution in [2.45, 2.75) is 33.4 Å². The van der Waals surface area contributed by atoms with Crippen molar-refractivity contribution in [2.75, 3.05) is 6.61 Å². The summed E-state index contributed by atoms with van der Waals surface area (Å²) in [4.78, 5) is 35.0. The number of hydrogen-bond acceptors (Lipinski definition) is 4. The minimum atomic E-state index is -0.536. The summed E-state index contributed by atoms with van der Waals surface area (Å²) in [6.45, 7) is 8.87. The minimum absolute atomic E-state index is 0.0471. The molecule has 0 aromatic carbocycles. The molecule has 104 valence electrons. The number of ether oxygens (including phenoxy) is 1. The normalized spacial score (nSPS) is 11.9. The summed E-state index contributed by atoms with van der Waals surface area (Å²) >= 11 is 0. The molecule has 0 fully saturated rings. The Balaban J connectivity index is 2.97. The number of carbonyl (C=O) groups excluding carboxylic acids is 1. The number of hydrogen-bond donors (Lipinski definition) is 0. The van der Waals surface area contributed by atoms with Gasteiger partial charge in [0, 0.05) is 24.4 Å². The molecule has 1 unspecified atom stereocenters. The quantitative estimate of drug-likeness (QED) is 0.581. The number of esters is 1. The van der Waals surface area contributed by atoms with Gasteiger partial charge in [-0.1, -0.05) is 6.58 Å². The molecule has 0 aliphatic carbocycles. The zero-order valence-corrected chi connectivity index (χ0v) is 11.4. The Kier molecular flexibility index (Phi) is 4.86. The summed E-state index contributed by atoms with van der Waals surface area (Å²) in [5.74, 6) is -0.536. The Morgan fingerprint density at radius 2 is 2.11 bits per heavy atom. The van der Waals surface area contributed by atoms with Crippen LogP contribution in [0.25, 0.3) is 0 Å². The molecule has 0 N–H and O–H groups in total. The van der Waals surface area contributed by atoms with Crippen LogP contribution in [0.15, 0.2) is 34.0 Å². The highest BCUT2D eigenvalue weighted by Crippen LogP contribution is 2.02. The fraction of sp³-hybridized carbons (Fsp3) is 0.462. The van der Waals surface area contributed by atoms with Crippen molar-refractivity contribution >= 4 is 5.97 Å². The first-order valence-corrected chi connectivity index (χ1v) is 6.03. The van der Waals surface area contributed by atoms with E-state index in [0.717, 1.165) is 4.57 Å². The van der Waals surface area contributed by atoms with Gasteiger partial charge >= 0.3 is 11.7 Å². The summed E-state index contributed by atoms with van der Waals surface area (Å²) in [5.41, 5.74) is -0.541. The third kappa shape index (κ3) is 3.43. The van der Waals surface area contributed by atoms with Gasteiger partial charge in [-0.25, -0.2) is 9.59 Å². The van der Waals surface area contributed by atoms with E-state index in [1.807, 2.05) is 6.92 Å². The van der Waals surface area contributed by atoms with Crippen molar-refractivity contribution in [1.82, 2.24) is 9.13 Å². The highest BCUT2D eigenvalue weighted by atomic mass is 16.5. The Labute approximate surface area is 110 Å². The zero-order valence-electron chi connectivity index (χ0n) is 11.4. The highest BCUT2D eigenvalue weighted by Gasteiger charge is 2.14. The molecule has 0 aliphatic heterocycles. The van der Waals surface area contributed by atoms with Crippen LogP contribution in [-0.2, 0) is 16.1 Å². The molecule has 0 amide bonds. The first-order valence-electron chi connectivity index (χ1n) is 6.03. The van der Waals surface area contributed by atoms with Gasteiger partial charge in [-0.2, -0.15) is 0 Å². The number of aryl methyl sites for hydroxylation is 1. The highest BCUT2D eigenvalue weighted by molar-refractivity contribution is 5.86. The predicted molar refractivity (Wildman–Crippen MR) is 71.1 cm³/mol. The second-order valence-electron chi connectivity index (χ2n) is 4.32. The van der Waals surface area contributed by atoms with Crippen molar-refractivity contribution in [3.05, 3.63) is 45.3 Å². The second-order valence-corrected chi connectivity index (χ2v) is 4.32. The van der Waals surface area contributed by atoms with Crippen LogP contribution in [0.4, 0.5) is 0 Å². The van der Waals surface area contributed by atoms with Crippen LogP contribution >= 0.6 is 0 Å². The van der Waals surface area contributed by atoms with Crippen LogP contribution < -0.4 is 11.2 Å². The maximum absolute atomic E-state index is 12.0. The van der Waals surface area contributed by atoms with Crippen molar-refractivity contribution < 1.29 is 9.53 Å². The lowest BCUT2D eigenvalue weighted by atomic mass is 10.3. The largest absolute Gasteiger partial charge is 0.460 e. The fourth-order valence-corrected chi connectivity index (χ4v) is 1.57. The predicted octanol–water partition coefficient (Wildman–Crippen LogP) is 0.710. The Bertz CT molecular complexity index is 597. The minimum Gasteiger partial charge on any atom is -0.460 e. The monoisotopic (exact) mass is 266 g/mol. The van der Waals surface area contributed by atoms with Crippen molar-refractivity contribution in [3.63, 3.8) is 0 Å². The lowest BCUT2D eigenvalue weighted by molar-refractivity contribution is -0.139. The first-order chi connectivity index (χ1) is 8.88. The molecule has 0 spiro atoms. The molecule has 0 radical (unpaired) electrons. The SMILES string of the molecule is C=C(C)C(=O)OCC(C)n1c(=O)ccn(CC)c1=O. The lowest BCUT2D eigenvalue weighted by Gasteiger charge is -2.15. The van der Waals surface area contributed by atoms with Crippen LogP contribution in [0.3, 0.4) is 0 Å². The standard InChI is InChI=1S/C13H18N2O4/c1-5-14-7-6-11(16)15(13(14)18)10(4)8-19-12(17)9(2)3/h6-7,10H,2,5,8H2,1,3-4H3. The maximum Gasteiger partial charge on any atom is 0.333 e. The molecule has 6 heteroatoms. The van der Waals surface area contributed by atoms with Gasteiger partial charge in [0.05, 0.1) is 6.04 Å². The van der Waals surface area contributed by atoms with E-state index in [4.69, 9.17) is 4.74 Å². The summed E-state index contributed by atoms with van der Waals surface area (Å²) in [6, 6.07) is 0.796. The van der Waals surface area contributed by atoms with Gasteiger partial charge < -0.3 is 9.30 Å². The van der Waals surface area contributed by atoms with Gasteiger partial charge in [0.15, 0.2) is 0 Å². The van der Waals surface area contributed by atoms with E-state index in [0.29, 0.717) is 6.54 Å². The summed E-state index contributed by atoms with van der Waals surface area (Å²) < 4.78 is 7.45. The smallest absolute Gasteiger partial charge is 0.333 e. The van der Waals surface area contributed by atoms with Gasteiger partial charge in [0.2, 0.25) is 0 Å². The van der Waals surface area contributed by atoms with Gasteiger partial charge in [-0.15, -0.1) is 0 Å². The molecular weight excluding hydrogens is 248 g/mol. The number of nitrogens with zero attached hydrogens (tertiary/aromatic N) is 2. The van der Waals surface area contributed by atoms with E-state index in [1.54, 1.807) is 6.92 Å². The third-order valence-corrected chi connectivity index (χ3v) is 2.67. The van der Waals surface area contributed by atoms with Gasteiger partial charge in [-0.05, 0) is 20.8 Å². The molecule has 0 bridgehead atoms. The second kappa shape index (κ2) is 6.17. The zero-order chi connectivity index (χ0) is 14.6. The van der Waals surface area contributed by atoms with Crippen LogP contribution in [0, 0.1) is 0 Å². The van der Waals surface area contributed by atoms with E-state index in [2.05, 4.69) is 6.58 Å². The molecule has 1 atom stereocenters. The van der Waals surface area contributed by atoms with Gasteiger partial charge in [0.25, 0.3) is 5.56 Å². The van der Waals surface area contributed by atoms with E-state index < -0.39 is 23.3 Å². The first kappa shape index (κ1) is 14.9. The van der Waals surface area contributed by atoms with Crippen LogP contribution in [0.1, 0.15) is 26.8 Å². The van der Waals surface area contributed by atoms with Gasteiger partial charge in [0.1, 0.15) is 6.61 Å². The molecule has 6 nitrogen and oxygen atoms in total. The van der Waals surface area contributed by atoms with Crippen molar-refractivity contribution in [1.29, 1.82) is 0 Å². The molecule has 19 heavy (non-hydrogen) atoms. The maximum atomic E-state index is 12.0. The Morgan fingerprint density at radius 3 is 2.63 bits per heavy atom. The molecule has 1 rings (SSSR count). The van der Waals surface area contributed by atoms with E-state index in [1.165, 1.54) is 23.8 Å². The molecular formula is C13H18N2O4. The summed E-state index contributed by atoms with van der Waals surface area (Å²) in [5, 5.41) is 0.